The Morgan fingerprint density at radius 3 is 2.89 bits per heavy atom. The molecule has 1 aromatic heterocycles. The van der Waals surface area contributed by atoms with Gasteiger partial charge in [-0.25, -0.2) is 0 Å². The van der Waals surface area contributed by atoms with Crippen molar-refractivity contribution in [3.63, 3.8) is 0 Å². The molecule has 2 heterocycles. The first-order valence-electron chi connectivity index (χ1n) is 6.41. The summed E-state index contributed by atoms with van der Waals surface area (Å²) in [5.74, 6) is 0.201. The van der Waals surface area contributed by atoms with Crippen molar-refractivity contribution in [3.05, 3.63) is 28.5 Å². The maximum Gasteiger partial charge on any atom is 0.236 e. The van der Waals surface area contributed by atoms with Gasteiger partial charge in [0.05, 0.1) is 6.54 Å². The average molecular weight is 327 g/mol. The van der Waals surface area contributed by atoms with E-state index in [-0.39, 0.29) is 5.91 Å². The van der Waals surface area contributed by atoms with Gasteiger partial charge >= 0.3 is 0 Å². The lowest BCUT2D eigenvalue weighted by Gasteiger charge is -2.29. The molecule has 1 N–H and O–H groups in total. The molecule has 1 amide bonds. The fourth-order valence-electron chi connectivity index (χ4n) is 2.16. The van der Waals surface area contributed by atoms with Crippen LogP contribution < -0.4 is 5.32 Å². The molecule has 0 atom stereocenters. The van der Waals surface area contributed by atoms with Gasteiger partial charge in [-0.2, -0.15) is 0 Å². The highest BCUT2D eigenvalue weighted by molar-refractivity contribution is 9.10. The van der Waals surface area contributed by atoms with E-state index in [2.05, 4.69) is 26.2 Å². The third-order valence-corrected chi connectivity index (χ3v) is 3.52. The Kier molecular flexibility index (Phi) is 5.30. The maximum atomic E-state index is 12.1. The summed E-state index contributed by atoms with van der Waals surface area (Å²) in [6, 6.07) is 2.03. The Labute approximate surface area is 122 Å². The number of hydrogen-bond acceptors (Lipinski definition) is 4. The number of likely N-dealkylation sites (N-methyl/N-ethyl adjacent to an activating group) is 1. The smallest absolute Gasteiger partial charge is 0.236 e. The predicted molar refractivity (Wildman–Crippen MR) is 77.7 cm³/mol. The van der Waals surface area contributed by atoms with E-state index >= 15 is 0 Å². The number of hydrogen-bond donors (Lipinski definition) is 1. The van der Waals surface area contributed by atoms with Gasteiger partial charge in [-0.15, -0.1) is 0 Å². The third kappa shape index (κ3) is 4.56. The zero-order valence-corrected chi connectivity index (χ0v) is 12.7. The highest BCUT2D eigenvalue weighted by Gasteiger charge is 2.17. The molecule has 0 aromatic carbocycles. The lowest BCUT2D eigenvalue weighted by Crippen LogP contribution is -2.49. The fraction of sp³-hybridized carbons (Fsp3) is 0.538. The number of carbonyl (C=O) groups is 1. The van der Waals surface area contributed by atoms with E-state index in [9.17, 15) is 4.79 Å². The van der Waals surface area contributed by atoms with Crippen molar-refractivity contribution in [2.24, 2.45) is 0 Å². The minimum atomic E-state index is 0.201. The van der Waals surface area contributed by atoms with E-state index in [4.69, 9.17) is 0 Å². The molecule has 1 fully saturated rings. The van der Waals surface area contributed by atoms with Crippen LogP contribution in [0.5, 0.6) is 0 Å². The fourth-order valence-corrected chi connectivity index (χ4v) is 2.57. The predicted octanol–water partition coefficient (Wildman–Crippen LogP) is 0.708. The number of halogens is 1. The molecule has 5 nitrogen and oxygen atoms in total. The first-order valence-corrected chi connectivity index (χ1v) is 7.21. The summed E-state index contributed by atoms with van der Waals surface area (Å²) in [4.78, 5) is 20.2. The first kappa shape index (κ1) is 14.4. The van der Waals surface area contributed by atoms with Gasteiger partial charge in [-0.05, 0) is 34.6 Å². The van der Waals surface area contributed by atoms with Gasteiger partial charge in [-0.3, -0.25) is 14.7 Å². The summed E-state index contributed by atoms with van der Waals surface area (Å²) in [6.45, 7) is 4.59. The van der Waals surface area contributed by atoms with Gasteiger partial charge in [-0.1, -0.05) is 0 Å². The van der Waals surface area contributed by atoms with Crippen molar-refractivity contribution < 1.29 is 4.79 Å². The van der Waals surface area contributed by atoms with E-state index < -0.39 is 0 Å². The van der Waals surface area contributed by atoms with Crippen LogP contribution in [0.2, 0.25) is 0 Å². The van der Waals surface area contributed by atoms with Crippen molar-refractivity contribution in [1.29, 1.82) is 0 Å². The third-order valence-electron chi connectivity index (χ3n) is 3.09. The summed E-state index contributed by atoms with van der Waals surface area (Å²) >= 11 is 3.40. The minimum Gasteiger partial charge on any atom is -0.339 e. The summed E-state index contributed by atoms with van der Waals surface area (Å²) < 4.78 is 0.965. The van der Waals surface area contributed by atoms with E-state index in [1.54, 1.807) is 6.20 Å². The minimum absolute atomic E-state index is 0.201. The molecule has 1 aliphatic heterocycles. The van der Waals surface area contributed by atoms with Crippen molar-refractivity contribution in [3.8, 4) is 0 Å². The highest BCUT2D eigenvalue weighted by Crippen LogP contribution is 2.11. The number of carbonyl (C=O) groups excluding carboxylic acids is 1. The van der Waals surface area contributed by atoms with Crippen LogP contribution in [0.4, 0.5) is 0 Å². The van der Waals surface area contributed by atoms with Crippen LogP contribution in [-0.4, -0.2) is 60.5 Å². The molecule has 104 valence electrons. The summed E-state index contributed by atoms with van der Waals surface area (Å²) in [5.41, 5.74) is 1.10. The van der Waals surface area contributed by atoms with Gasteiger partial charge in [0.2, 0.25) is 5.91 Å². The van der Waals surface area contributed by atoms with Crippen molar-refractivity contribution in [2.75, 3.05) is 39.8 Å². The number of pyridine rings is 1. The molecule has 6 heteroatoms. The molecule has 1 saturated heterocycles. The van der Waals surface area contributed by atoms with E-state index in [1.165, 1.54) is 0 Å². The zero-order chi connectivity index (χ0) is 13.7. The highest BCUT2D eigenvalue weighted by atomic mass is 79.9. The first-order chi connectivity index (χ1) is 9.15. The van der Waals surface area contributed by atoms with Crippen LogP contribution in [0.25, 0.3) is 0 Å². The Balaban J connectivity index is 1.83. The lowest BCUT2D eigenvalue weighted by molar-refractivity contribution is -0.132. The quantitative estimate of drug-likeness (QED) is 0.885. The number of piperazine rings is 1. The molecule has 0 aliphatic carbocycles. The average Bonchev–Trinajstić information content (AvgIpc) is 2.39. The number of nitrogens with one attached hydrogen (secondary N) is 1. The second kappa shape index (κ2) is 6.98. The lowest BCUT2D eigenvalue weighted by atomic mass is 10.2. The van der Waals surface area contributed by atoms with Gasteiger partial charge in [0, 0.05) is 49.6 Å². The second-order valence-electron chi connectivity index (χ2n) is 4.81. The van der Waals surface area contributed by atoms with Crippen LogP contribution in [0.1, 0.15) is 5.56 Å². The normalized spacial score (nSPS) is 15.8. The zero-order valence-electron chi connectivity index (χ0n) is 11.1. The van der Waals surface area contributed by atoms with E-state index in [0.717, 1.165) is 42.8 Å². The molecule has 0 unspecified atom stereocenters. The standard InChI is InChI=1S/C13H19BrN4O/c1-17(9-11-6-12(14)8-16-7-11)10-13(19)18-4-2-15-3-5-18/h6-8,15H,2-5,9-10H2,1H3. The molecule has 0 saturated carbocycles. The summed E-state index contributed by atoms with van der Waals surface area (Å²) in [7, 11) is 1.96. The van der Waals surface area contributed by atoms with Gasteiger partial charge in [0.1, 0.15) is 0 Å². The molecule has 0 spiro atoms. The van der Waals surface area contributed by atoms with Gasteiger partial charge in [0.25, 0.3) is 0 Å². The number of aromatic nitrogens is 1. The van der Waals surface area contributed by atoms with Gasteiger partial charge in [0.15, 0.2) is 0 Å². The summed E-state index contributed by atoms with van der Waals surface area (Å²) in [6.07, 6.45) is 3.59. The van der Waals surface area contributed by atoms with Crippen LogP contribution in [0.15, 0.2) is 22.9 Å². The molecule has 1 aromatic rings. The van der Waals surface area contributed by atoms with Gasteiger partial charge < -0.3 is 10.2 Å². The van der Waals surface area contributed by atoms with Crippen LogP contribution >= 0.6 is 15.9 Å². The molecule has 19 heavy (non-hydrogen) atoms. The molecule has 1 aliphatic rings. The molecular weight excluding hydrogens is 308 g/mol. The topological polar surface area (TPSA) is 48.5 Å². The second-order valence-corrected chi connectivity index (χ2v) is 5.73. The summed E-state index contributed by atoms with van der Waals surface area (Å²) in [5, 5.41) is 3.25. The largest absolute Gasteiger partial charge is 0.339 e. The number of nitrogens with zero attached hydrogens (tertiary/aromatic N) is 3. The molecular formula is C13H19BrN4O. The van der Waals surface area contributed by atoms with Crippen LogP contribution in [-0.2, 0) is 11.3 Å². The maximum absolute atomic E-state index is 12.1. The monoisotopic (exact) mass is 326 g/mol. The van der Waals surface area contributed by atoms with E-state index in [1.807, 2.05) is 29.1 Å². The Morgan fingerprint density at radius 2 is 2.21 bits per heavy atom. The van der Waals surface area contributed by atoms with E-state index in [0.29, 0.717) is 6.54 Å². The number of rotatable bonds is 4. The van der Waals surface area contributed by atoms with Crippen molar-refractivity contribution >= 4 is 21.8 Å². The van der Waals surface area contributed by atoms with Crippen LogP contribution in [0.3, 0.4) is 0 Å². The van der Waals surface area contributed by atoms with Crippen molar-refractivity contribution in [1.82, 2.24) is 20.1 Å². The SMILES string of the molecule is CN(CC(=O)N1CCNCC1)Cc1cncc(Br)c1. The van der Waals surface area contributed by atoms with Crippen molar-refractivity contribution in [2.45, 2.75) is 6.54 Å². The molecule has 0 radical (unpaired) electrons. The van der Waals surface area contributed by atoms with Crippen LogP contribution in [0, 0.1) is 0 Å². The Bertz CT molecular complexity index is 434. The number of amides is 1. The molecule has 2 rings (SSSR count). The molecule has 0 bridgehead atoms. The Hall–Kier alpha value is -0.980. The Morgan fingerprint density at radius 1 is 1.47 bits per heavy atom.